The molecular formula is C19H21ClF2N4O4. The number of nitrogens with one attached hydrogen (secondary N) is 1. The van der Waals surface area contributed by atoms with Crippen LogP contribution in [0.2, 0.25) is 5.02 Å². The number of H-pyrrole nitrogens is 1. The molecule has 6 rings (SSSR count). The fourth-order valence-electron chi connectivity index (χ4n) is 5.23. The summed E-state index contributed by atoms with van der Waals surface area (Å²) in [4.78, 5) is 13.8. The van der Waals surface area contributed by atoms with Crippen LogP contribution in [0.1, 0.15) is 12.8 Å². The number of ether oxygens (including phenoxy) is 3. The van der Waals surface area contributed by atoms with Crippen molar-refractivity contribution in [3.05, 3.63) is 11.1 Å². The number of imidazole rings is 1. The molecule has 0 amide bonds. The Kier molecular flexibility index (Phi) is 4.19. The number of aromatic nitrogens is 3. The molecule has 30 heavy (non-hydrogen) atoms. The Bertz CT molecular complexity index is 991. The number of hydrogen-bond acceptors (Lipinski definition) is 7. The van der Waals surface area contributed by atoms with Crippen LogP contribution in [0.15, 0.2) is 6.07 Å². The number of aliphatic hydroxyl groups is 1. The van der Waals surface area contributed by atoms with Crippen molar-refractivity contribution in [1.82, 2.24) is 15.0 Å². The molecule has 1 saturated carbocycles. The van der Waals surface area contributed by atoms with Gasteiger partial charge in [-0.15, -0.1) is 0 Å². The number of pyridine rings is 1. The molecule has 162 valence electrons. The van der Waals surface area contributed by atoms with Gasteiger partial charge in [0.1, 0.15) is 24.1 Å². The van der Waals surface area contributed by atoms with Crippen LogP contribution < -0.4 is 9.64 Å². The zero-order chi connectivity index (χ0) is 20.6. The standard InChI is InChI=1S/C19H21ClF2N4O4/c20-10-3-11-16(24-17(10)26-4-8-1-2-19(21,22)9(8)5-26)25-18(23-11)30-13-7-29-14-12(27)6-28-15(13)14/h3,8-9,12-15,27H,1-2,4-7H2,(H,23,24,25). The molecule has 3 saturated heterocycles. The lowest BCUT2D eigenvalue weighted by Gasteiger charge is -2.21. The summed E-state index contributed by atoms with van der Waals surface area (Å²) in [5.74, 6) is -2.84. The molecule has 0 radical (unpaired) electrons. The summed E-state index contributed by atoms with van der Waals surface area (Å²) in [5, 5.41) is 10.2. The van der Waals surface area contributed by atoms with Gasteiger partial charge in [0.2, 0.25) is 0 Å². The van der Waals surface area contributed by atoms with Gasteiger partial charge in [0.25, 0.3) is 11.9 Å². The molecule has 2 N–H and O–H groups in total. The van der Waals surface area contributed by atoms with Crippen LogP contribution in [0.3, 0.4) is 0 Å². The van der Waals surface area contributed by atoms with E-state index in [4.69, 9.17) is 25.8 Å². The van der Waals surface area contributed by atoms with Gasteiger partial charge in [-0.1, -0.05) is 11.6 Å². The van der Waals surface area contributed by atoms with Crippen LogP contribution in [0.5, 0.6) is 6.01 Å². The lowest BCUT2D eigenvalue weighted by atomic mass is 9.99. The Labute approximate surface area is 175 Å². The average molecular weight is 443 g/mol. The van der Waals surface area contributed by atoms with Gasteiger partial charge >= 0.3 is 0 Å². The first-order valence-corrected chi connectivity index (χ1v) is 10.5. The second kappa shape index (κ2) is 6.62. The highest BCUT2D eigenvalue weighted by Gasteiger charge is 2.54. The van der Waals surface area contributed by atoms with Gasteiger partial charge in [0.15, 0.2) is 11.8 Å². The van der Waals surface area contributed by atoms with E-state index < -0.39 is 30.2 Å². The Balaban J connectivity index is 1.23. The maximum atomic E-state index is 14.1. The van der Waals surface area contributed by atoms with Crippen molar-refractivity contribution >= 4 is 28.6 Å². The minimum Gasteiger partial charge on any atom is -0.456 e. The maximum absolute atomic E-state index is 14.1. The number of alkyl halides is 2. The van der Waals surface area contributed by atoms with E-state index in [0.717, 1.165) is 0 Å². The average Bonchev–Trinajstić information content (AvgIpc) is 3.47. The van der Waals surface area contributed by atoms with Crippen molar-refractivity contribution in [2.45, 2.75) is 43.2 Å². The first kappa shape index (κ1) is 19.0. The van der Waals surface area contributed by atoms with Crippen LogP contribution in [-0.4, -0.2) is 76.7 Å². The second-order valence-corrected chi connectivity index (χ2v) is 9.00. The number of aromatic amines is 1. The third kappa shape index (κ3) is 2.88. The van der Waals surface area contributed by atoms with Gasteiger partial charge in [-0.05, 0) is 18.4 Å². The SMILES string of the molecule is OC1COC2C(Oc3nc4nc(N5CC6CCC(F)(F)C6C5)c(Cl)cc4[nH]3)COC12. The molecule has 6 atom stereocenters. The van der Waals surface area contributed by atoms with Crippen LogP contribution in [0, 0.1) is 11.8 Å². The minimum absolute atomic E-state index is 0.0378. The van der Waals surface area contributed by atoms with Gasteiger partial charge in [-0.25, -0.2) is 13.8 Å². The summed E-state index contributed by atoms with van der Waals surface area (Å²) < 4.78 is 45.2. The zero-order valence-electron chi connectivity index (χ0n) is 15.9. The van der Waals surface area contributed by atoms with Crippen molar-refractivity contribution < 1.29 is 28.1 Å². The van der Waals surface area contributed by atoms with Crippen LogP contribution in [0.25, 0.3) is 11.2 Å². The first-order chi connectivity index (χ1) is 14.4. The molecule has 3 aliphatic heterocycles. The molecule has 4 fully saturated rings. The van der Waals surface area contributed by atoms with E-state index in [1.165, 1.54) is 0 Å². The molecule has 2 aromatic heterocycles. The Morgan fingerprint density at radius 1 is 1.23 bits per heavy atom. The lowest BCUT2D eigenvalue weighted by Crippen LogP contribution is -2.34. The molecule has 4 aliphatic rings. The summed E-state index contributed by atoms with van der Waals surface area (Å²) in [6, 6.07) is 1.93. The molecule has 0 spiro atoms. The van der Waals surface area contributed by atoms with Crippen molar-refractivity contribution in [3.63, 3.8) is 0 Å². The Hall–Kier alpha value is -1.75. The van der Waals surface area contributed by atoms with E-state index in [9.17, 15) is 13.9 Å². The number of aliphatic hydroxyl groups excluding tert-OH is 1. The number of halogens is 3. The molecule has 1 aliphatic carbocycles. The predicted octanol–water partition coefficient (Wildman–Crippen LogP) is 2.00. The van der Waals surface area contributed by atoms with E-state index in [1.807, 2.05) is 4.90 Å². The number of fused-ring (bicyclic) bond motifs is 3. The molecule has 0 aromatic carbocycles. The maximum Gasteiger partial charge on any atom is 0.296 e. The van der Waals surface area contributed by atoms with Gasteiger partial charge in [-0.2, -0.15) is 4.98 Å². The highest BCUT2D eigenvalue weighted by Crippen LogP contribution is 2.49. The van der Waals surface area contributed by atoms with Crippen molar-refractivity contribution in [1.29, 1.82) is 0 Å². The molecule has 5 heterocycles. The topological polar surface area (TPSA) is 92.7 Å². The largest absolute Gasteiger partial charge is 0.456 e. The van der Waals surface area contributed by atoms with Gasteiger partial charge in [0, 0.05) is 25.4 Å². The fourth-order valence-corrected chi connectivity index (χ4v) is 5.50. The summed E-state index contributed by atoms with van der Waals surface area (Å²) in [7, 11) is 0. The number of anilines is 1. The normalized spacial score (nSPS) is 37.1. The lowest BCUT2D eigenvalue weighted by molar-refractivity contribution is -0.0351. The van der Waals surface area contributed by atoms with Crippen LogP contribution >= 0.6 is 11.6 Å². The summed E-state index contributed by atoms with van der Waals surface area (Å²) in [5.41, 5.74) is 0.988. The van der Waals surface area contributed by atoms with Crippen molar-refractivity contribution in [2.24, 2.45) is 11.8 Å². The molecular weight excluding hydrogens is 422 g/mol. The van der Waals surface area contributed by atoms with E-state index in [-0.39, 0.29) is 44.2 Å². The monoisotopic (exact) mass is 442 g/mol. The number of rotatable bonds is 3. The second-order valence-electron chi connectivity index (χ2n) is 8.60. The number of nitrogens with zero attached hydrogens (tertiary/aromatic N) is 3. The molecule has 6 unspecified atom stereocenters. The molecule has 0 bridgehead atoms. The fraction of sp³-hybridized carbons (Fsp3) is 0.684. The van der Waals surface area contributed by atoms with E-state index in [1.54, 1.807) is 6.07 Å². The molecule has 8 nitrogen and oxygen atoms in total. The Morgan fingerprint density at radius 2 is 2.07 bits per heavy atom. The van der Waals surface area contributed by atoms with E-state index in [2.05, 4.69) is 15.0 Å². The smallest absolute Gasteiger partial charge is 0.296 e. The Morgan fingerprint density at radius 3 is 2.90 bits per heavy atom. The van der Waals surface area contributed by atoms with Crippen molar-refractivity contribution in [3.8, 4) is 6.01 Å². The van der Waals surface area contributed by atoms with E-state index >= 15 is 0 Å². The number of hydrogen-bond donors (Lipinski definition) is 2. The van der Waals surface area contributed by atoms with Gasteiger partial charge in [-0.3, -0.25) is 0 Å². The van der Waals surface area contributed by atoms with Gasteiger partial charge < -0.3 is 29.2 Å². The van der Waals surface area contributed by atoms with Crippen LogP contribution in [0.4, 0.5) is 14.6 Å². The highest BCUT2D eigenvalue weighted by atomic mass is 35.5. The van der Waals surface area contributed by atoms with Crippen LogP contribution in [-0.2, 0) is 9.47 Å². The molecule has 2 aromatic rings. The van der Waals surface area contributed by atoms with E-state index in [0.29, 0.717) is 35.0 Å². The summed E-state index contributed by atoms with van der Waals surface area (Å²) >= 11 is 6.43. The first-order valence-electron chi connectivity index (χ1n) is 10.2. The quantitative estimate of drug-likeness (QED) is 0.751. The third-order valence-electron chi connectivity index (χ3n) is 6.76. The third-order valence-corrected chi connectivity index (χ3v) is 7.04. The molecule has 11 heteroatoms. The minimum atomic E-state index is -2.62. The summed E-state index contributed by atoms with van der Waals surface area (Å²) in [6.07, 6.45) is -1.32. The van der Waals surface area contributed by atoms with Crippen molar-refractivity contribution in [2.75, 3.05) is 31.2 Å². The highest BCUT2D eigenvalue weighted by molar-refractivity contribution is 6.33. The zero-order valence-corrected chi connectivity index (χ0v) is 16.7. The van der Waals surface area contributed by atoms with Gasteiger partial charge in [0.05, 0.1) is 23.8 Å². The summed E-state index contributed by atoms with van der Waals surface area (Å²) in [6.45, 7) is 1.26. The predicted molar refractivity (Wildman–Crippen MR) is 102 cm³/mol.